The second-order valence-corrected chi connectivity index (χ2v) is 4.54. The number of allylic oxidation sites excluding steroid dienone is 1. The van der Waals surface area contributed by atoms with E-state index in [0.29, 0.717) is 5.92 Å². The fraction of sp³-hybridized carbons (Fsp3) is 0.300. The van der Waals surface area contributed by atoms with Gasteiger partial charge in [-0.15, -0.1) is 11.6 Å². The summed E-state index contributed by atoms with van der Waals surface area (Å²) in [5, 5.41) is 0.0930. The molecule has 0 saturated carbocycles. The quantitative estimate of drug-likeness (QED) is 0.512. The Morgan fingerprint density at radius 1 is 1.54 bits per heavy atom. The Morgan fingerprint density at radius 2 is 2.31 bits per heavy atom. The zero-order valence-corrected chi connectivity index (χ0v) is 9.51. The fourth-order valence-corrected chi connectivity index (χ4v) is 2.07. The average Bonchev–Trinajstić information content (AvgIpc) is 2.12. The highest BCUT2D eigenvalue weighted by atomic mass is 79.9. The molecule has 0 fully saturated rings. The second kappa shape index (κ2) is 3.43. The summed E-state index contributed by atoms with van der Waals surface area (Å²) in [6, 6.07) is 2.02. The van der Waals surface area contributed by atoms with E-state index >= 15 is 0 Å². The molecular formula is C10H9BrClN. The summed E-state index contributed by atoms with van der Waals surface area (Å²) in [5.41, 5.74) is 2.44. The average molecular weight is 259 g/mol. The normalized spacial score (nSPS) is 25.8. The SMILES string of the molecule is CC1c2cnc(Br)cc2C=CC1Cl. The molecule has 0 aliphatic heterocycles. The van der Waals surface area contributed by atoms with Crippen LogP contribution in [0.15, 0.2) is 22.9 Å². The minimum Gasteiger partial charge on any atom is -0.249 e. The number of fused-ring (bicyclic) bond motifs is 1. The molecule has 1 aromatic rings. The summed E-state index contributed by atoms with van der Waals surface area (Å²) in [6.07, 6.45) is 5.98. The van der Waals surface area contributed by atoms with Crippen molar-refractivity contribution in [1.82, 2.24) is 4.98 Å². The van der Waals surface area contributed by atoms with Crippen molar-refractivity contribution in [3.63, 3.8) is 0 Å². The maximum absolute atomic E-state index is 6.11. The highest BCUT2D eigenvalue weighted by Crippen LogP contribution is 2.32. The van der Waals surface area contributed by atoms with Gasteiger partial charge < -0.3 is 0 Å². The molecule has 0 spiro atoms. The van der Waals surface area contributed by atoms with Crippen LogP contribution in [0.3, 0.4) is 0 Å². The van der Waals surface area contributed by atoms with Gasteiger partial charge >= 0.3 is 0 Å². The number of rotatable bonds is 0. The maximum atomic E-state index is 6.11. The van der Waals surface area contributed by atoms with E-state index in [1.165, 1.54) is 11.1 Å². The third-order valence-corrected chi connectivity index (χ3v) is 3.32. The van der Waals surface area contributed by atoms with Crippen LogP contribution in [0.2, 0.25) is 0 Å². The van der Waals surface area contributed by atoms with Gasteiger partial charge in [0.2, 0.25) is 0 Å². The number of aromatic nitrogens is 1. The highest BCUT2D eigenvalue weighted by Gasteiger charge is 2.20. The van der Waals surface area contributed by atoms with Crippen LogP contribution >= 0.6 is 27.5 Å². The first-order valence-corrected chi connectivity index (χ1v) is 5.39. The largest absolute Gasteiger partial charge is 0.249 e. The molecule has 2 atom stereocenters. The van der Waals surface area contributed by atoms with Crippen molar-refractivity contribution in [2.24, 2.45) is 0 Å². The molecule has 0 saturated heterocycles. The molecule has 1 nitrogen and oxygen atoms in total. The van der Waals surface area contributed by atoms with Gasteiger partial charge in [-0.25, -0.2) is 4.98 Å². The summed E-state index contributed by atoms with van der Waals surface area (Å²) < 4.78 is 0.871. The molecule has 3 heteroatoms. The Labute approximate surface area is 91.0 Å². The molecule has 2 unspecified atom stereocenters. The van der Waals surface area contributed by atoms with Gasteiger partial charge in [-0.2, -0.15) is 0 Å². The van der Waals surface area contributed by atoms with Gasteiger partial charge in [0.1, 0.15) is 4.60 Å². The molecule has 0 N–H and O–H groups in total. The van der Waals surface area contributed by atoms with Crippen molar-refractivity contribution in [3.8, 4) is 0 Å². The predicted molar refractivity (Wildman–Crippen MR) is 59.0 cm³/mol. The van der Waals surface area contributed by atoms with Gasteiger partial charge in [-0.05, 0) is 33.1 Å². The van der Waals surface area contributed by atoms with Crippen molar-refractivity contribution in [1.29, 1.82) is 0 Å². The summed E-state index contributed by atoms with van der Waals surface area (Å²) in [4.78, 5) is 4.20. The maximum Gasteiger partial charge on any atom is 0.106 e. The summed E-state index contributed by atoms with van der Waals surface area (Å²) in [6.45, 7) is 2.12. The van der Waals surface area contributed by atoms with Crippen LogP contribution < -0.4 is 0 Å². The molecule has 13 heavy (non-hydrogen) atoms. The first-order chi connectivity index (χ1) is 6.18. The van der Waals surface area contributed by atoms with Gasteiger partial charge in [0.05, 0.1) is 5.38 Å². The molecule has 0 radical (unpaired) electrons. The van der Waals surface area contributed by atoms with Crippen LogP contribution in [0.5, 0.6) is 0 Å². The first kappa shape index (κ1) is 9.22. The standard InChI is InChI=1S/C10H9BrClN/c1-6-8-5-13-10(11)4-7(8)2-3-9(6)12/h2-6,9H,1H3. The smallest absolute Gasteiger partial charge is 0.106 e. The van der Waals surface area contributed by atoms with Crippen molar-refractivity contribution in [2.75, 3.05) is 0 Å². The molecule has 0 bridgehead atoms. The van der Waals surface area contributed by atoms with Gasteiger partial charge in [0, 0.05) is 12.1 Å². The van der Waals surface area contributed by atoms with Crippen LogP contribution in [0.25, 0.3) is 6.08 Å². The number of pyridine rings is 1. The van der Waals surface area contributed by atoms with Crippen molar-refractivity contribution in [2.45, 2.75) is 18.2 Å². The van der Waals surface area contributed by atoms with E-state index in [2.05, 4.69) is 33.9 Å². The predicted octanol–water partition coefficient (Wildman–Crippen LogP) is 3.58. The lowest BCUT2D eigenvalue weighted by molar-refractivity contribution is 0.772. The van der Waals surface area contributed by atoms with E-state index in [0.717, 1.165) is 4.60 Å². The number of hydrogen-bond acceptors (Lipinski definition) is 1. The van der Waals surface area contributed by atoms with E-state index in [9.17, 15) is 0 Å². The minimum absolute atomic E-state index is 0.0930. The van der Waals surface area contributed by atoms with Crippen LogP contribution in [0, 0.1) is 0 Å². The highest BCUT2D eigenvalue weighted by molar-refractivity contribution is 9.10. The van der Waals surface area contributed by atoms with E-state index < -0.39 is 0 Å². The zero-order valence-electron chi connectivity index (χ0n) is 7.17. The molecule has 68 valence electrons. The van der Waals surface area contributed by atoms with Crippen LogP contribution in [0.1, 0.15) is 24.0 Å². The monoisotopic (exact) mass is 257 g/mol. The molecular weight excluding hydrogens is 249 g/mol. The van der Waals surface area contributed by atoms with Crippen LogP contribution in [-0.2, 0) is 0 Å². The fourth-order valence-electron chi connectivity index (χ4n) is 1.51. The molecule has 1 aliphatic rings. The van der Waals surface area contributed by atoms with E-state index in [4.69, 9.17) is 11.6 Å². The topological polar surface area (TPSA) is 12.9 Å². The van der Waals surface area contributed by atoms with E-state index in [-0.39, 0.29) is 5.38 Å². The lowest BCUT2D eigenvalue weighted by Gasteiger charge is -2.21. The Hall–Kier alpha value is -0.340. The first-order valence-electron chi connectivity index (χ1n) is 4.16. The van der Waals surface area contributed by atoms with Crippen molar-refractivity contribution >= 4 is 33.6 Å². The van der Waals surface area contributed by atoms with E-state index in [1.807, 2.05) is 18.3 Å². The molecule has 0 aromatic carbocycles. The molecule has 0 amide bonds. The molecule has 1 aliphatic carbocycles. The van der Waals surface area contributed by atoms with Crippen LogP contribution in [0.4, 0.5) is 0 Å². The van der Waals surface area contributed by atoms with E-state index in [1.54, 1.807) is 0 Å². The van der Waals surface area contributed by atoms with Gasteiger partial charge in [0.15, 0.2) is 0 Å². The van der Waals surface area contributed by atoms with Crippen molar-refractivity contribution < 1.29 is 0 Å². The van der Waals surface area contributed by atoms with Gasteiger partial charge in [-0.1, -0.05) is 19.1 Å². The second-order valence-electron chi connectivity index (χ2n) is 3.23. The summed E-state index contributed by atoms with van der Waals surface area (Å²) >= 11 is 9.46. The van der Waals surface area contributed by atoms with Crippen LogP contribution in [-0.4, -0.2) is 10.4 Å². The summed E-state index contributed by atoms with van der Waals surface area (Å²) in [7, 11) is 0. The lowest BCUT2D eigenvalue weighted by atomic mass is 9.90. The number of alkyl halides is 1. The Bertz CT molecular complexity index is 362. The molecule has 1 aromatic heterocycles. The molecule has 2 rings (SSSR count). The third kappa shape index (κ3) is 1.65. The molecule has 1 heterocycles. The Morgan fingerprint density at radius 3 is 3.08 bits per heavy atom. The van der Waals surface area contributed by atoms with Crippen molar-refractivity contribution in [3.05, 3.63) is 34.1 Å². The zero-order chi connectivity index (χ0) is 9.42. The van der Waals surface area contributed by atoms with Gasteiger partial charge in [-0.3, -0.25) is 0 Å². The number of nitrogens with zero attached hydrogens (tertiary/aromatic N) is 1. The lowest BCUT2D eigenvalue weighted by Crippen LogP contribution is -2.12. The third-order valence-electron chi connectivity index (χ3n) is 2.36. The Balaban J connectivity index is 2.52. The minimum atomic E-state index is 0.0930. The number of halogens is 2. The Kier molecular flexibility index (Phi) is 2.43. The van der Waals surface area contributed by atoms with Gasteiger partial charge in [0.25, 0.3) is 0 Å². The summed E-state index contributed by atoms with van der Waals surface area (Å²) in [5.74, 6) is 0.349. The number of hydrogen-bond donors (Lipinski definition) is 0.